The van der Waals surface area contributed by atoms with Gasteiger partial charge >= 0.3 is 0 Å². The molecule has 3 rings (SSSR count). The van der Waals surface area contributed by atoms with Gasteiger partial charge in [-0.15, -0.1) is 11.3 Å². The Morgan fingerprint density at radius 3 is 2.83 bits per heavy atom. The molecule has 0 saturated carbocycles. The van der Waals surface area contributed by atoms with Crippen molar-refractivity contribution in [3.8, 4) is 0 Å². The third-order valence-electron chi connectivity index (χ3n) is 4.06. The van der Waals surface area contributed by atoms with Crippen LogP contribution in [0.25, 0.3) is 0 Å². The van der Waals surface area contributed by atoms with Crippen LogP contribution in [0.2, 0.25) is 0 Å². The van der Waals surface area contributed by atoms with Gasteiger partial charge in [0.2, 0.25) is 11.8 Å². The molecule has 2 N–H and O–H groups in total. The van der Waals surface area contributed by atoms with Gasteiger partial charge in [-0.3, -0.25) is 20.4 Å². The number of hydrogen-bond donors (Lipinski definition) is 2. The fourth-order valence-corrected chi connectivity index (χ4v) is 3.66. The van der Waals surface area contributed by atoms with Crippen molar-refractivity contribution in [1.82, 2.24) is 15.8 Å². The number of aromatic nitrogens is 1. The molecular formula is C16H22N4O3S. The Hall–Kier alpha value is -1.93. The number of morpholine rings is 1. The first kappa shape index (κ1) is 16.9. The van der Waals surface area contributed by atoms with Crippen LogP contribution >= 0.6 is 11.3 Å². The number of anilines is 1. The zero-order chi connectivity index (χ0) is 16.8. The summed E-state index contributed by atoms with van der Waals surface area (Å²) in [6.45, 7) is 3.06. The van der Waals surface area contributed by atoms with E-state index in [1.165, 1.54) is 11.3 Å². The van der Waals surface area contributed by atoms with E-state index in [2.05, 4.69) is 32.9 Å². The Labute approximate surface area is 145 Å². The van der Waals surface area contributed by atoms with Crippen LogP contribution in [0.5, 0.6) is 0 Å². The van der Waals surface area contributed by atoms with Crippen molar-refractivity contribution >= 4 is 28.3 Å². The number of nitrogens with one attached hydrogen (secondary N) is 2. The number of hydrogen-bond acceptors (Lipinski definition) is 6. The molecule has 7 nitrogen and oxygen atoms in total. The second kappa shape index (κ2) is 8.25. The molecule has 0 unspecified atom stereocenters. The van der Waals surface area contributed by atoms with Crippen LogP contribution < -0.4 is 15.8 Å². The monoisotopic (exact) mass is 350 g/mol. The molecule has 1 aromatic heterocycles. The van der Waals surface area contributed by atoms with Crippen molar-refractivity contribution in [1.29, 1.82) is 0 Å². The third-order valence-corrected chi connectivity index (χ3v) is 5.01. The first-order valence-corrected chi connectivity index (χ1v) is 9.10. The number of ether oxygens (including phenoxy) is 1. The summed E-state index contributed by atoms with van der Waals surface area (Å²) < 4.78 is 5.32. The van der Waals surface area contributed by atoms with E-state index < -0.39 is 0 Å². The first-order chi connectivity index (χ1) is 11.7. The number of hydrazine groups is 1. The molecule has 2 heterocycles. The molecule has 8 heteroatoms. The molecule has 0 spiro atoms. The summed E-state index contributed by atoms with van der Waals surface area (Å²) >= 11 is 1.53. The number of thiazole rings is 1. The summed E-state index contributed by atoms with van der Waals surface area (Å²) in [4.78, 5) is 30.4. The minimum Gasteiger partial charge on any atom is -0.378 e. The summed E-state index contributed by atoms with van der Waals surface area (Å²) in [5, 5.41) is 2.80. The van der Waals surface area contributed by atoms with Gasteiger partial charge in [0, 0.05) is 24.9 Å². The van der Waals surface area contributed by atoms with Crippen molar-refractivity contribution in [3.05, 3.63) is 23.2 Å². The van der Waals surface area contributed by atoms with Crippen molar-refractivity contribution in [2.75, 3.05) is 31.2 Å². The molecule has 0 radical (unpaired) electrons. The number of carbonyl (C=O) groups is 2. The summed E-state index contributed by atoms with van der Waals surface area (Å²) in [7, 11) is 0. The van der Waals surface area contributed by atoms with Crippen LogP contribution in [-0.4, -0.2) is 43.1 Å². The summed E-state index contributed by atoms with van der Waals surface area (Å²) in [6, 6.07) is 0. The molecule has 1 aliphatic heterocycles. The summed E-state index contributed by atoms with van der Waals surface area (Å²) in [5.41, 5.74) is 5.65. The second-order valence-corrected chi connectivity index (χ2v) is 6.80. The Balaban J connectivity index is 1.40. The second-order valence-electron chi connectivity index (χ2n) is 5.96. The topological polar surface area (TPSA) is 83.6 Å². The fraction of sp³-hybridized carbons (Fsp3) is 0.562. The number of rotatable bonds is 5. The van der Waals surface area contributed by atoms with Crippen LogP contribution in [0, 0.1) is 5.92 Å². The lowest BCUT2D eigenvalue weighted by Crippen LogP contribution is -2.42. The van der Waals surface area contributed by atoms with E-state index in [-0.39, 0.29) is 24.2 Å². The van der Waals surface area contributed by atoms with Crippen molar-refractivity contribution < 1.29 is 14.3 Å². The molecule has 1 fully saturated rings. The number of carbonyl (C=O) groups excluding carboxylic acids is 2. The smallest absolute Gasteiger partial charge is 0.244 e. The van der Waals surface area contributed by atoms with Gasteiger partial charge < -0.3 is 9.64 Å². The van der Waals surface area contributed by atoms with Gasteiger partial charge in [0.15, 0.2) is 5.13 Å². The number of nitrogens with zero attached hydrogens (tertiary/aromatic N) is 2. The molecule has 1 aromatic rings. The Kier molecular flexibility index (Phi) is 5.81. The van der Waals surface area contributed by atoms with Gasteiger partial charge in [-0.25, -0.2) is 4.98 Å². The maximum absolute atomic E-state index is 11.9. The van der Waals surface area contributed by atoms with Crippen LogP contribution in [0.4, 0.5) is 5.13 Å². The van der Waals surface area contributed by atoms with Gasteiger partial charge in [0.25, 0.3) is 0 Å². The molecule has 1 aliphatic carbocycles. The van der Waals surface area contributed by atoms with Crippen LogP contribution in [0.1, 0.15) is 25.0 Å². The lowest BCUT2D eigenvalue weighted by molar-refractivity contribution is -0.128. The molecule has 24 heavy (non-hydrogen) atoms. The number of amides is 2. The minimum atomic E-state index is -0.260. The molecule has 0 bridgehead atoms. The normalized spacial score (nSPS) is 20.2. The van der Waals surface area contributed by atoms with E-state index in [1.54, 1.807) is 0 Å². The van der Waals surface area contributed by atoms with Crippen LogP contribution in [0.3, 0.4) is 0 Å². The van der Waals surface area contributed by atoms with Crippen molar-refractivity contribution in [2.24, 2.45) is 5.92 Å². The largest absolute Gasteiger partial charge is 0.378 e. The van der Waals surface area contributed by atoms with E-state index >= 15 is 0 Å². The maximum atomic E-state index is 11.9. The molecule has 130 valence electrons. The molecule has 0 aromatic carbocycles. The van der Waals surface area contributed by atoms with E-state index in [9.17, 15) is 9.59 Å². The Morgan fingerprint density at radius 2 is 2.08 bits per heavy atom. The lowest BCUT2D eigenvalue weighted by Gasteiger charge is -2.26. The van der Waals surface area contributed by atoms with Crippen molar-refractivity contribution in [2.45, 2.75) is 25.7 Å². The molecule has 1 saturated heterocycles. The molecule has 2 aliphatic rings. The van der Waals surface area contributed by atoms with Gasteiger partial charge in [-0.1, -0.05) is 12.2 Å². The van der Waals surface area contributed by atoms with E-state index in [0.29, 0.717) is 25.3 Å². The highest BCUT2D eigenvalue weighted by Gasteiger charge is 2.17. The SMILES string of the molecule is O=C(Cc1csc(N2CCOCC2)n1)NNC(=O)C[C@H]1C=CCC1. The van der Waals surface area contributed by atoms with Gasteiger partial charge in [0.05, 0.1) is 25.3 Å². The third kappa shape index (κ3) is 4.78. The minimum absolute atomic E-state index is 0.157. The van der Waals surface area contributed by atoms with E-state index in [0.717, 1.165) is 31.1 Å². The predicted octanol–water partition coefficient (Wildman–Crippen LogP) is 1.03. The maximum Gasteiger partial charge on any atom is 0.244 e. The lowest BCUT2D eigenvalue weighted by atomic mass is 10.1. The number of allylic oxidation sites excluding steroid dienone is 2. The highest BCUT2D eigenvalue weighted by molar-refractivity contribution is 7.13. The standard InChI is InChI=1S/C16H22N4O3S/c21-14(9-12-3-1-2-4-12)18-19-15(22)10-13-11-24-16(17-13)20-5-7-23-8-6-20/h1,3,11-12H,2,4-10H2,(H,18,21)(H,19,22)/t12-/m0/s1. The highest BCUT2D eigenvalue weighted by atomic mass is 32.1. The predicted molar refractivity (Wildman–Crippen MR) is 91.6 cm³/mol. The summed E-state index contributed by atoms with van der Waals surface area (Å²) in [6.07, 6.45) is 6.75. The van der Waals surface area contributed by atoms with Crippen LogP contribution in [-0.2, 0) is 20.7 Å². The highest BCUT2D eigenvalue weighted by Crippen LogP contribution is 2.22. The Morgan fingerprint density at radius 1 is 1.29 bits per heavy atom. The molecular weight excluding hydrogens is 328 g/mol. The van der Waals surface area contributed by atoms with Gasteiger partial charge in [-0.05, 0) is 18.8 Å². The fourth-order valence-electron chi connectivity index (χ4n) is 2.78. The quantitative estimate of drug-likeness (QED) is 0.612. The van der Waals surface area contributed by atoms with E-state index in [1.807, 2.05) is 5.38 Å². The zero-order valence-corrected chi connectivity index (χ0v) is 14.3. The van der Waals surface area contributed by atoms with Gasteiger partial charge in [0.1, 0.15) is 0 Å². The first-order valence-electron chi connectivity index (χ1n) is 8.22. The van der Waals surface area contributed by atoms with Crippen LogP contribution in [0.15, 0.2) is 17.5 Å². The Bertz CT molecular complexity index is 610. The average Bonchev–Trinajstić information content (AvgIpc) is 3.26. The van der Waals surface area contributed by atoms with Gasteiger partial charge in [-0.2, -0.15) is 0 Å². The molecule has 2 amide bonds. The van der Waals surface area contributed by atoms with Crippen molar-refractivity contribution in [3.63, 3.8) is 0 Å². The zero-order valence-electron chi connectivity index (χ0n) is 13.5. The molecule has 1 atom stereocenters. The summed E-state index contributed by atoms with van der Waals surface area (Å²) in [5.74, 6) is -0.132. The van der Waals surface area contributed by atoms with E-state index in [4.69, 9.17) is 4.74 Å². The average molecular weight is 350 g/mol.